The van der Waals surface area contributed by atoms with E-state index in [4.69, 9.17) is 27.8 Å². The highest BCUT2D eigenvalue weighted by molar-refractivity contribution is 6.31. The van der Waals surface area contributed by atoms with Gasteiger partial charge in [0.25, 0.3) is 0 Å². The minimum Gasteiger partial charge on any atom is -0.488 e. The molecule has 5 nitrogen and oxygen atoms in total. The molecular formula is C20H20ClFN4O. The third-order valence-electron chi connectivity index (χ3n) is 4.88. The number of halogens is 2. The fourth-order valence-electron chi connectivity index (χ4n) is 3.52. The van der Waals surface area contributed by atoms with Crippen LogP contribution in [0.1, 0.15) is 32.1 Å². The summed E-state index contributed by atoms with van der Waals surface area (Å²) in [5.41, 5.74) is 14.5. The highest BCUT2D eigenvalue weighted by Gasteiger charge is 2.18. The summed E-state index contributed by atoms with van der Waals surface area (Å²) < 4.78 is 19.6. The van der Waals surface area contributed by atoms with Gasteiger partial charge >= 0.3 is 0 Å². The third kappa shape index (κ3) is 3.62. The number of nitrogen functional groups attached to an aromatic ring is 2. The zero-order valence-electron chi connectivity index (χ0n) is 14.7. The Morgan fingerprint density at radius 3 is 2.56 bits per heavy atom. The molecule has 4 N–H and O–H groups in total. The number of aromatic nitrogens is 2. The third-order valence-corrected chi connectivity index (χ3v) is 5.17. The maximum Gasteiger partial charge on any atom is 0.221 e. The molecule has 1 aliphatic rings. The van der Waals surface area contributed by atoms with Gasteiger partial charge < -0.3 is 16.2 Å². The smallest absolute Gasteiger partial charge is 0.221 e. The highest BCUT2D eigenvalue weighted by Crippen LogP contribution is 2.35. The molecule has 1 heterocycles. The number of ether oxygens (including phenoxy) is 1. The lowest BCUT2D eigenvalue weighted by Crippen LogP contribution is -2.20. The van der Waals surface area contributed by atoms with Crippen LogP contribution < -0.4 is 16.2 Å². The van der Waals surface area contributed by atoms with Crippen LogP contribution in [0.15, 0.2) is 30.3 Å². The van der Waals surface area contributed by atoms with E-state index in [1.54, 1.807) is 18.2 Å². The summed E-state index contributed by atoms with van der Waals surface area (Å²) in [7, 11) is 0. The molecule has 0 atom stereocenters. The second-order valence-electron chi connectivity index (χ2n) is 6.84. The summed E-state index contributed by atoms with van der Waals surface area (Å²) in [4.78, 5) is 8.64. The Kier molecular flexibility index (Phi) is 4.74. The van der Waals surface area contributed by atoms with Crippen molar-refractivity contribution in [3.8, 4) is 17.0 Å². The van der Waals surface area contributed by atoms with Gasteiger partial charge in [-0.1, -0.05) is 18.0 Å². The quantitative estimate of drug-likeness (QED) is 0.621. The summed E-state index contributed by atoms with van der Waals surface area (Å²) in [6.45, 7) is 0. The standard InChI is InChI=1S/C20H20ClFN4O/c21-14-8-11(6-7-15(14)22)19-13-9-16(23)18(10-17(13)25-20(24)26-19)27-12-4-2-1-3-5-12/h6-10,12H,1-5,23H2,(H2,24,25,26). The monoisotopic (exact) mass is 386 g/mol. The molecule has 0 amide bonds. The van der Waals surface area contributed by atoms with Crippen molar-refractivity contribution in [3.05, 3.63) is 41.2 Å². The first-order chi connectivity index (χ1) is 13.0. The zero-order chi connectivity index (χ0) is 19.0. The molecule has 1 saturated carbocycles. The number of hydrogen-bond acceptors (Lipinski definition) is 5. The van der Waals surface area contributed by atoms with Crippen molar-refractivity contribution in [3.63, 3.8) is 0 Å². The number of benzene rings is 2. The Hall–Kier alpha value is -2.60. The van der Waals surface area contributed by atoms with E-state index in [2.05, 4.69) is 9.97 Å². The molecule has 2 aromatic carbocycles. The van der Waals surface area contributed by atoms with Crippen molar-refractivity contribution < 1.29 is 9.13 Å². The SMILES string of the molecule is Nc1nc(-c2ccc(F)c(Cl)c2)c2cc(N)c(OC3CCCCC3)cc2n1. The number of nitrogens with zero attached hydrogens (tertiary/aromatic N) is 2. The Morgan fingerprint density at radius 2 is 1.81 bits per heavy atom. The van der Waals surface area contributed by atoms with E-state index in [9.17, 15) is 4.39 Å². The molecule has 1 fully saturated rings. The van der Waals surface area contributed by atoms with E-state index >= 15 is 0 Å². The maximum absolute atomic E-state index is 13.5. The van der Waals surface area contributed by atoms with Gasteiger partial charge in [0.15, 0.2) is 0 Å². The Morgan fingerprint density at radius 1 is 1.04 bits per heavy atom. The first kappa shape index (κ1) is 17.8. The lowest BCUT2D eigenvalue weighted by molar-refractivity contribution is 0.156. The molecule has 1 aromatic heterocycles. The maximum atomic E-state index is 13.5. The molecule has 0 bridgehead atoms. The average Bonchev–Trinajstić information content (AvgIpc) is 2.65. The lowest BCUT2D eigenvalue weighted by Gasteiger charge is -2.24. The van der Waals surface area contributed by atoms with E-state index in [1.807, 2.05) is 0 Å². The number of rotatable bonds is 3. The predicted molar refractivity (Wildman–Crippen MR) is 106 cm³/mol. The Bertz CT molecular complexity index is 1000. The predicted octanol–water partition coefficient (Wildman–Crippen LogP) is 4.97. The highest BCUT2D eigenvalue weighted by atomic mass is 35.5. The van der Waals surface area contributed by atoms with Gasteiger partial charge in [0.05, 0.1) is 28.0 Å². The van der Waals surface area contributed by atoms with E-state index < -0.39 is 5.82 Å². The van der Waals surface area contributed by atoms with E-state index in [1.165, 1.54) is 31.4 Å². The topological polar surface area (TPSA) is 87.0 Å². The molecule has 7 heteroatoms. The van der Waals surface area contributed by atoms with Gasteiger partial charge in [0, 0.05) is 17.0 Å². The van der Waals surface area contributed by atoms with Gasteiger partial charge in [-0.15, -0.1) is 0 Å². The van der Waals surface area contributed by atoms with E-state index in [0.29, 0.717) is 33.6 Å². The molecule has 0 spiro atoms. The second kappa shape index (κ2) is 7.19. The molecule has 0 radical (unpaired) electrons. The van der Waals surface area contributed by atoms with Crippen LogP contribution in [0, 0.1) is 5.82 Å². The molecular weight excluding hydrogens is 367 g/mol. The number of fused-ring (bicyclic) bond motifs is 1. The summed E-state index contributed by atoms with van der Waals surface area (Å²) in [5, 5.41) is 0.725. The van der Waals surface area contributed by atoms with Gasteiger partial charge in [-0.3, -0.25) is 0 Å². The molecule has 27 heavy (non-hydrogen) atoms. The molecule has 140 valence electrons. The van der Waals surface area contributed by atoms with Crippen LogP contribution in [0.4, 0.5) is 16.0 Å². The minimum absolute atomic E-state index is 0.0167. The van der Waals surface area contributed by atoms with Crippen LogP contribution in [0.2, 0.25) is 5.02 Å². The lowest BCUT2D eigenvalue weighted by atomic mass is 9.97. The normalized spacial score (nSPS) is 15.2. The number of anilines is 2. The van der Waals surface area contributed by atoms with Crippen molar-refractivity contribution >= 4 is 34.1 Å². The summed E-state index contributed by atoms with van der Waals surface area (Å²) in [6.07, 6.45) is 5.82. The van der Waals surface area contributed by atoms with E-state index in [0.717, 1.165) is 12.8 Å². The van der Waals surface area contributed by atoms with Crippen LogP contribution >= 0.6 is 11.6 Å². The Labute approximate surface area is 161 Å². The summed E-state index contributed by atoms with van der Waals surface area (Å²) >= 11 is 5.93. The fourth-order valence-corrected chi connectivity index (χ4v) is 3.70. The number of nitrogens with two attached hydrogens (primary N) is 2. The zero-order valence-corrected chi connectivity index (χ0v) is 15.5. The molecule has 0 saturated heterocycles. The molecule has 0 unspecified atom stereocenters. The average molecular weight is 387 g/mol. The Balaban J connectivity index is 1.79. The van der Waals surface area contributed by atoms with Gasteiger partial charge in [-0.05, 0) is 49.9 Å². The van der Waals surface area contributed by atoms with Crippen LogP contribution in [0.3, 0.4) is 0 Å². The first-order valence-electron chi connectivity index (χ1n) is 9.00. The van der Waals surface area contributed by atoms with Crippen LogP contribution in [-0.4, -0.2) is 16.1 Å². The van der Waals surface area contributed by atoms with Crippen molar-refractivity contribution in [2.24, 2.45) is 0 Å². The van der Waals surface area contributed by atoms with Crippen molar-refractivity contribution in [2.75, 3.05) is 11.5 Å². The van der Waals surface area contributed by atoms with Crippen molar-refractivity contribution in [1.82, 2.24) is 9.97 Å². The minimum atomic E-state index is -0.491. The molecule has 4 rings (SSSR count). The van der Waals surface area contributed by atoms with Crippen molar-refractivity contribution in [2.45, 2.75) is 38.2 Å². The van der Waals surface area contributed by atoms with Crippen LogP contribution in [-0.2, 0) is 0 Å². The van der Waals surface area contributed by atoms with Crippen LogP contribution in [0.5, 0.6) is 5.75 Å². The second-order valence-corrected chi connectivity index (χ2v) is 7.25. The van der Waals surface area contributed by atoms with Crippen LogP contribution in [0.25, 0.3) is 22.2 Å². The van der Waals surface area contributed by atoms with Gasteiger partial charge in [-0.25, -0.2) is 14.4 Å². The summed E-state index contributed by atoms with van der Waals surface area (Å²) in [6, 6.07) is 7.99. The molecule has 0 aliphatic heterocycles. The molecule has 1 aliphatic carbocycles. The van der Waals surface area contributed by atoms with Gasteiger partial charge in [0.1, 0.15) is 11.6 Å². The van der Waals surface area contributed by atoms with Crippen molar-refractivity contribution in [1.29, 1.82) is 0 Å². The number of hydrogen-bond donors (Lipinski definition) is 2. The fraction of sp³-hybridized carbons (Fsp3) is 0.300. The largest absolute Gasteiger partial charge is 0.488 e. The molecule has 3 aromatic rings. The summed E-state index contributed by atoms with van der Waals surface area (Å²) in [5.74, 6) is 0.233. The van der Waals surface area contributed by atoms with Gasteiger partial charge in [-0.2, -0.15) is 0 Å². The first-order valence-corrected chi connectivity index (χ1v) is 9.38. The van der Waals surface area contributed by atoms with E-state index in [-0.39, 0.29) is 17.1 Å². The van der Waals surface area contributed by atoms with Gasteiger partial charge in [0.2, 0.25) is 5.95 Å².